The molecule has 2 N–H and O–H groups in total. The van der Waals surface area contributed by atoms with E-state index in [0.29, 0.717) is 40.3 Å². The van der Waals surface area contributed by atoms with Crippen molar-refractivity contribution in [2.24, 2.45) is 0 Å². The zero-order chi connectivity index (χ0) is 14.7. The summed E-state index contributed by atoms with van der Waals surface area (Å²) in [6, 6.07) is 3.31. The number of aromatic nitrogens is 1. The van der Waals surface area contributed by atoms with Gasteiger partial charge in [-0.15, -0.1) is 0 Å². The number of aromatic amines is 1. The van der Waals surface area contributed by atoms with Gasteiger partial charge in [-0.25, -0.2) is 0 Å². The number of carboxylic acid groups (broad SMARTS) is 1. The van der Waals surface area contributed by atoms with Crippen molar-refractivity contribution in [3.63, 3.8) is 0 Å². The predicted molar refractivity (Wildman–Crippen MR) is 78.8 cm³/mol. The van der Waals surface area contributed by atoms with Crippen LogP contribution in [0.4, 0.5) is 0 Å². The van der Waals surface area contributed by atoms with Crippen LogP contribution in [0.2, 0.25) is 10.0 Å². The summed E-state index contributed by atoms with van der Waals surface area (Å²) in [5.74, 6) is -0.895. The Labute approximate surface area is 125 Å². The van der Waals surface area contributed by atoms with Gasteiger partial charge in [-0.2, -0.15) is 0 Å². The number of fused-ring (bicyclic) bond motifs is 1. The smallest absolute Gasteiger partial charge is 0.303 e. The quantitative estimate of drug-likeness (QED) is 0.617. The van der Waals surface area contributed by atoms with E-state index in [9.17, 15) is 9.59 Å². The number of rotatable bonds is 6. The monoisotopic (exact) mass is 313 g/mol. The van der Waals surface area contributed by atoms with Crippen molar-refractivity contribution in [2.45, 2.75) is 25.7 Å². The number of ketones is 1. The van der Waals surface area contributed by atoms with Crippen LogP contribution in [-0.2, 0) is 4.79 Å². The molecule has 0 fully saturated rings. The first kappa shape index (κ1) is 14.9. The first-order valence-corrected chi connectivity index (χ1v) is 6.95. The Morgan fingerprint density at radius 3 is 2.55 bits per heavy atom. The summed E-state index contributed by atoms with van der Waals surface area (Å²) < 4.78 is 0. The average Bonchev–Trinajstić information content (AvgIpc) is 2.78. The molecule has 0 spiro atoms. The minimum atomic E-state index is -0.845. The summed E-state index contributed by atoms with van der Waals surface area (Å²) in [6.45, 7) is 0. The van der Waals surface area contributed by atoms with Gasteiger partial charge in [0, 0.05) is 40.5 Å². The topological polar surface area (TPSA) is 70.2 Å². The molecule has 0 atom stereocenters. The molecular weight excluding hydrogens is 301 g/mol. The van der Waals surface area contributed by atoms with Crippen LogP contribution < -0.4 is 0 Å². The van der Waals surface area contributed by atoms with Gasteiger partial charge in [-0.1, -0.05) is 23.2 Å². The van der Waals surface area contributed by atoms with E-state index in [4.69, 9.17) is 28.3 Å². The Balaban J connectivity index is 2.13. The summed E-state index contributed by atoms with van der Waals surface area (Å²) in [6.07, 6.45) is 3.04. The zero-order valence-corrected chi connectivity index (χ0v) is 12.1. The lowest BCUT2D eigenvalue weighted by atomic mass is 10.0. The lowest BCUT2D eigenvalue weighted by Crippen LogP contribution is -2.00. The fraction of sp³-hybridized carbons (Fsp3) is 0.286. The van der Waals surface area contributed by atoms with Gasteiger partial charge < -0.3 is 10.1 Å². The maximum Gasteiger partial charge on any atom is 0.303 e. The van der Waals surface area contributed by atoms with Gasteiger partial charge in [0.25, 0.3) is 0 Å². The normalized spacial score (nSPS) is 10.9. The van der Waals surface area contributed by atoms with Crippen molar-refractivity contribution in [2.75, 3.05) is 0 Å². The van der Waals surface area contributed by atoms with Crippen molar-refractivity contribution in [3.8, 4) is 0 Å². The molecule has 0 amide bonds. The third-order valence-corrected chi connectivity index (χ3v) is 3.56. The highest BCUT2D eigenvalue weighted by Crippen LogP contribution is 2.31. The Morgan fingerprint density at radius 1 is 1.15 bits per heavy atom. The number of hydrogen-bond donors (Lipinski definition) is 2. The van der Waals surface area contributed by atoms with Crippen molar-refractivity contribution in [1.29, 1.82) is 0 Å². The van der Waals surface area contributed by atoms with Gasteiger partial charge in [-0.3, -0.25) is 9.59 Å². The number of halogens is 2. The fourth-order valence-electron chi connectivity index (χ4n) is 2.10. The number of Topliss-reactive ketones (excluding diaryl/α,β-unsaturated/α-hetero) is 1. The maximum atomic E-state index is 12.1. The number of unbranched alkanes of at least 4 members (excludes halogenated alkanes) is 1. The SMILES string of the molecule is O=C(O)CCCCC(=O)c1c[nH]c2cc(Cl)cc(Cl)c12. The Morgan fingerprint density at radius 2 is 1.85 bits per heavy atom. The highest BCUT2D eigenvalue weighted by Gasteiger charge is 2.15. The zero-order valence-electron chi connectivity index (χ0n) is 10.6. The molecule has 0 saturated heterocycles. The minimum Gasteiger partial charge on any atom is -0.481 e. The van der Waals surface area contributed by atoms with E-state index < -0.39 is 5.97 Å². The standard InChI is InChI=1S/C14H13Cl2NO3/c15-8-5-10(16)14-9(7-17-11(14)6-8)12(18)3-1-2-4-13(19)20/h5-7,17H,1-4H2,(H,19,20). The van der Waals surface area contributed by atoms with Gasteiger partial charge in [0.15, 0.2) is 5.78 Å². The predicted octanol–water partition coefficient (Wildman–Crippen LogP) is 4.30. The van der Waals surface area contributed by atoms with Crippen molar-refractivity contribution in [3.05, 3.63) is 33.9 Å². The fourth-order valence-corrected chi connectivity index (χ4v) is 2.69. The van der Waals surface area contributed by atoms with E-state index >= 15 is 0 Å². The van der Waals surface area contributed by atoms with E-state index in [1.807, 2.05) is 0 Å². The molecule has 1 aromatic heterocycles. The van der Waals surface area contributed by atoms with Crippen LogP contribution >= 0.6 is 23.2 Å². The van der Waals surface area contributed by atoms with Crippen LogP contribution in [0.25, 0.3) is 10.9 Å². The molecule has 0 bridgehead atoms. The second kappa shape index (κ2) is 6.29. The van der Waals surface area contributed by atoms with Gasteiger partial charge in [0.1, 0.15) is 0 Å². The number of nitrogens with one attached hydrogen (secondary N) is 1. The molecular formula is C14H13Cl2NO3. The molecule has 0 aliphatic carbocycles. The van der Waals surface area contributed by atoms with Gasteiger partial charge in [-0.05, 0) is 25.0 Å². The molecule has 2 rings (SSSR count). The van der Waals surface area contributed by atoms with Crippen LogP contribution in [0.15, 0.2) is 18.3 Å². The molecule has 0 unspecified atom stereocenters. The maximum absolute atomic E-state index is 12.1. The number of carbonyl (C=O) groups excluding carboxylic acids is 1. The summed E-state index contributed by atoms with van der Waals surface area (Å²) in [5.41, 5.74) is 1.24. The third-order valence-electron chi connectivity index (χ3n) is 3.04. The highest BCUT2D eigenvalue weighted by atomic mass is 35.5. The summed E-state index contributed by atoms with van der Waals surface area (Å²) in [4.78, 5) is 25.5. The van der Waals surface area contributed by atoms with Crippen LogP contribution in [0.3, 0.4) is 0 Å². The number of carbonyl (C=O) groups is 2. The molecule has 106 valence electrons. The lowest BCUT2D eigenvalue weighted by Gasteiger charge is -2.01. The van der Waals surface area contributed by atoms with Gasteiger partial charge >= 0.3 is 5.97 Å². The first-order valence-electron chi connectivity index (χ1n) is 6.20. The van der Waals surface area contributed by atoms with Crippen molar-refractivity contribution in [1.82, 2.24) is 4.98 Å². The molecule has 6 heteroatoms. The van der Waals surface area contributed by atoms with Crippen LogP contribution in [0.1, 0.15) is 36.0 Å². The molecule has 0 aliphatic rings. The molecule has 20 heavy (non-hydrogen) atoms. The lowest BCUT2D eigenvalue weighted by molar-refractivity contribution is -0.137. The first-order chi connectivity index (χ1) is 9.49. The molecule has 0 radical (unpaired) electrons. The number of benzene rings is 1. The Bertz CT molecular complexity index is 664. The second-order valence-corrected chi connectivity index (χ2v) is 5.38. The highest BCUT2D eigenvalue weighted by molar-refractivity contribution is 6.39. The number of hydrogen-bond acceptors (Lipinski definition) is 2. The second-order valence-electron chi connectivity index (χ2n) is 4.54. The number of H-pyrrole nitrogens is 1. The molecule has 1 heterocycles. The Kier molecular flexibility index (Phi) is 4.68. The van der Waals surface area contributed by atoms with E-state index in [1.54, 1.807) is 18.3 Å². The van der Waals surface area contributed by atoms with Crippen LogP contribution in [0, 0.1) is 0 Å². The van der Waals surface area contributed by atoms with E-state index in [0.717, 1.165) is 5.52 Å². The molecule has 1 aromatic carbocycles. The molecule has 0 saturated carbocycles. The summed E-state index contributed by atoms with van der Waals surface area (Å²) >= 11 is 12.0. The summed E-state index contributed by atoms with van der Waals surface area (Å²) in [5, 5.41) is 10.2. The molecule has 4 nitrogen and oxygen atoms in total. The number of aliphatic carboxylic acids is 1. The number of carboxylic acids is 1. The van der Waals surface area contributed by atoms with Crippen LogP contribution in [-0.4, -0.2) is 21.8 Å². The minimum absolute atomic E-state index is 0.0501. The largest absolute Gasteiger partial charge is 0.481 e. The van der Waals surface area contributed by atoms with Crippen molar-refractivity contribution < 1.29 is 14.7 Å². The Hall–Kier alpha value is -1.52. The van der Waals surface area contributed by atoms with E-state index in [2.05, 4.69) is 4.98 Å². The van der Waals surface area contributed by atoms with Crippen LogP contribution in [0.5, 0.6) is 0 Å². The summed E-state index contributed by atoms with van der Waals surface area (Å²) in [7, 11) is 0. The van der Waals surface area contributed by atoms with Crippen molar-refractivity contribution >= 4 is 45.9 Å². The average molecular weight is 314 g/mol. The van der Waals surface area contributed by atoms with Gasteiger partial charge in [0.05, 0.1) is 5.02 Å². The molecule has 0 aliphatic heterocycles. The molecule has 2 aromatic rings. The van der Waals surface area contributed by atoms with E-state index in [1.165, 1.54) is 0 Å². The van der Waals surface area contributed by atoms with Gasteiger partial charge in [0.2, 0.25) is 0 Å². The van der Waals surface area contributed by atoms with E-state index in [-0.39, 0.29) is 12.2 Å². The third kappa shape index (κ3) is 3.32.